The van der Waals surface area contributed by atoms with E-state index in [1.54, 1.807) is 0 Å². The summed E-state index contributed by atoms with van der Waals surface area (Å²) in [5, 5.41) is 0. The number of anilines is 1. The number of benzene rings is 1. The zero-order valence-electron chi connectivity index (χ0n) is 11.2. The van der Waals surface area contributed by atoms with E-state index < -0.39 is 0 Å². The van der Waals surface area contributed by atoms with E-state index in [1.165, 1.54) is 17.5 Å². The summed E-state index contributed by atoms with van der Waals surface area (Å²) >= 11 is 0. The highest BCUT2D eigenvalue weighted by molar-refractivity contribution is 5.47. The maximum absolute atomic E-state index is 5.86. The van der Waals surface area contributed by atoms with Crippen LogP contribution >= 0.6 is 0 Å². The number of rotatable bonds is 2. The average molecular weight is 246 g/mol. The fraction of sp³-hybridized carbons (Fsp3) is 0.600. The standard InChI is InChI=1S/C15H22N2O/c1-10-14(7-8-18-10)17(2)15-6-3-11-9-12(16)4-5-13(11)15/h4-5,9-10,14-15H,3,6-8,16H2,1-2H3. The minimum absolute atomic E-state index is 0.354. The quantitative estimate of drug-likeness (QED) is 0.814. The van der Waals surface area contributed by atoms with Crippen LogP contribution in [0.5, 0.6) is 0 Å². The van der Waals surface area contributed by atoms with Crippen molar-refractivity contribution in [3.05, 3.63) is 29.3 Å². The molecule has 1 saturated heterocycles. The van der Waals surface area contributed by atoms with Crippen molar-refractivity contribution in [3.8, 4) is 0 Å². The normalized spacial score (nSPS) is 30.9. The predicted molar refractivity (Wildman–Crippen MR) is 73.5 cm³/mol. The van der Waals surface area contributed by atoms with E-state index in [4.69, 9.17) is 10.5 Å². The molecule has 1 aromatic carbocycles. The van der Waals surface area contributed by atoms with Crippen molar-refractivity contribution in [2.45, 2.75) is 44.4 Å². The first kappa shape index (κ1) is 12.0. The van der Waals surface area contributed by atoms with Gasteiger partial charge in [0.05, 0.1) is 6.10 Å². The van der Waals surface area contributed by atoms with Crippen LogP contribution in [-0.4, -0.2) is 30.7 Å². The van der Waals surface area contributed by atoms with Crippen molar-refractivity contribution < 1.29 is 4.74 Å². The van der Waals surface area contributed by atoms with Crippen LogP contribution in [0.25, 0.3) is 0 Å². The summed E-state index contributed by atoms with van der Waals surface area (Å²) in [5.41, 5.74) is 9.64. The van der Waals surface area contributed by atoms with Crippen molar-refractivity contribution in [2.24, 2.45) is 0 Å². The molecular weight excluding hydrogens is 224 g/mol. The van der Waals surface area contributed by atoms with Crippen molar-refractivity contribution in [3.63, 3.8) is 0 Å². The number of hydrogen-bond donors (Lipinski definition) is 1. The minimum atomic E-state index is 0.354. The van der Waals surface area contributed by atoms with Gasteiger partial charge in [0.25, 0.3) is 0 Å². The molecule has 0 saturated carbocycles. The summed E-state index contributed by atoms with van der Waals surface area (Å²) in [6, 6.07) is 7.46. The van der Waals surface area contributed by atoms with Crippen LogP contribution in [0.1, 0.15) is 36.9 Å². The van der Waals surface area contributed by atoms with Gasteiger partial charge in [0.1, 0.15) is 0 Å². The highest BCUT2D eigenvalue weighted by Gasteiger charge is 2.35. The Morgan fingerprint density at radius 2 is 2.17 bits per heavy atom. The fourth-order valence-electron chi connectivity index (χ4n) is 3.52. The average Bonchev–Trinajstić information content (AvgIpc) is 2.94. The molecular formula is C15H22N2O. The molecule has 0 aromatic heterocycles. The lowest BCUT2D eigenvalue weighted by atomic mass is 10.0. The zero-order chi connectivity index (χ0) is 12.7. The monoisotopic (exact) mass is 246 g/mol. The van der Waals surface area contributed by atoms with Crippen molar-refractivity contribution in [1.82, 2.24) is 4.90 Å². The van der Waals surface area contributed by atoms with Crippen LogP contribution in [0.2, 0.25) is 0 Å². The molecule has 2 aliphatic rings. The molecule has 1 heterocycles. The van der Waals surface area contributed by atoms with Gasteiger partial charge < -0.3 is 10.5 Å². The number of aryl methyl sites for hydroxylation is 1. The van der Waals surface area contributed by atoms with E-state index >= 15 is 0 Å². The molecule has 1 fully saturated rings. The van der Waals surface area contributed by atoms with Gasteiger partial charge in [0, 0.05) is 24.4 Å². The zero-order valence-corrected chi connectivity index (χ0v) is 11.2. The van der Waals surface area contributed by atoms with Gasteiger partial charge in [-0.2, -0.15) is 0 Å². The summed E-state index contributed by atoms with van der Waals surface area (Å²) < 4.78 is 5.69. The lowest BCUT2D eigenvalue weighted by Gasteiger charge is -2.32. The molecule has 3 unspecified atom stereocenters. The number of nitrogens with two attached hydrogens (primary N) is 1. The van der Waals surface area contributed by atoms with E-state index in [0.29, 0.717) is 18.2 Å². The van der Waals surface area contributed by atoms with Crippen molar-refractivity contribution in [2.75, 3.05) is 19.4 Å². The van der Waals surface area contributed by atoms with Gasteiger partial charge in [-0.1, -0.05) is 6.07 Å². The molecule has 18 heavy (non-hydrogen) atoms. The van der Waals surface area contributed by atoms with Crippen LogP contribution < -0.4 is 5.73 Å². The summed E-state index contributed by atoms with van der Waals surface area (Å²) in [6.07, 6.45) is 3.86. The van der Waals surface area contributed by atoms with Gasteiger partial charge in [0.15, 0.2) is 0 Å². The van der Waals surface area contributed by atoms with Gasteiger partial charge in [-0.05, 0) is 56.5 Å². The number of fused-ring (bicyclic) bond motifs is 1. The van der Waals surface area contributed by atoms with Gasteiger partial charge in [-0.15, -0.1) is 0 Å². The Hall–Kier alpha value is -1.06. The number of ether oxygens (including phenoxy) is 1. The molecule has 3 nitrogen and oxygen atoms in total. The molecule has 0 amide bonds. The van der Waals surface area contributed by atoms with Crippen LogP contribution in [0, 0.1) is 0 Å². The molecule has 2 N–H and O–H groups in total. The van der Waals surface area contributed by atoms with Crippen molar-refractivity contribution >= 4 is 5.69 Å². The molecule has 3 heteroatoms. The second-order valence-electron chi connectivity index (χ2n) is 5.61. The molecule has 0 radical (unpaired) electrons. The first-order valence-corrected chi connectivity index (χ1v) is 6.88. The maximum Gasteiger partial charge on any atom is 0.0703 e. The number of nitrogen functional groups attached to an aromatic ring is 1. The van der Waals surface area contributed by atoms with E-state index in [1.807, 2.05) is 6.07 Å². The molecule has 3 rings (SSSR count). The summed E-state index contributed by atoms with van der Waals surface area (Å²) in [4.78, 5) is 2.51. The third-order valence-electron chi connectivity index (χ3n) is 4.56. The highest BCUT2D eigenvalue weighted by Crippen LogP contribution is 2.38. The van der Waals surface area contributed by atoms with Crippen LogP contribution in [0.4, 0.5) is 5.69 Å². The minimum Gasteiger partial charge on any atom is -0.399 e. The molecule has 1 aliphatic carbocycles. The third kappa shape index (κ3) is 1.91. The van der Waals surface area contributed by atoms with E-state index in [2.05, 4.69) is 31.0 Å². The Balaban J connectivity index is 1.83. The largest absolute Gasteiger partial charge is 0.399 e. The van der Waals surface area contributed by atoms with Gasteiger partial charge in [0.2, 0.25) is 0 Å². The van der Waals surface area contributed by atoms with Crippen LogP contribution in [0.3, 0.4) is 0 Å². The second-order valence-corrected chi connectivity index (χ2v) is 5.61. The summed E-state index contributed by atoms with van der Waals surface area (Å²) in [7, 11) is 2.24. The maximum atomic E-state index is 5.86. The van der Waals surface area contributed by atoms with Gasteiger partial charge >= 0.3 is 0 Å². The molecule has 0 spiro atoms. The van der Waals surface area contributed by atoms with Gasteiger partial charge in [-0.25, -0.2) is 0 Å². The first-order valence-electron chi connectivity index (χ1n) is 6.88. The van der Waals surface area contributed by atoms with Gasteiger partial charge in [-0.3, -0.25) is 4.90 Å². The molecule has 98 valence electrons. The Kier molecular flexibility index (Phi) is 3.04. The SMILES string of the molecule is CC1OCCC1N(C)C1CCc2cc(N)ccc21. The molecule has 1 aliphatic heterocycles. The lowest BCUT2D eigenvalue weighted by Crippen LogP contribution is -2.38. The predicted octanol–water partition coefficient (Wildman–Crippen LogP) is 2.37. The molecule has 3 atom stereocenters. The lowest BCUT2D eigenvalue weighted by molar-refractivity contribution is 0.0673. The number of nitrogens with zero attached hydrogens (tertiary/aromatic N) is 1. The highest BCUT2D eigenvalue weighted by atomic mass is 16.5. The Morgan fingerprint density at radius 3 is 2.89 bits per heavy atom. The summed E-state index contributed by atoms with van der Waals surface area (Å²) in [6.45, 7) is 3.09. The van der Waals surface area contributed by atoms with Crippen molar-refractivity contribution in [1.29, 1.82) is 0 Å². The van der Waals surface area contributed by atoms with E-state index in [-0.39, 0.29) is 0 Å². The number of likely N-dealkylation sites (N-methyl/N-ethyl adjacent to an activating group) is 1. The molecule has 1 aromatic rings. The van der Waals surface area contributed by atoms with Crippen LogP contribution in [0.15, 0.2) is 18.2 Å². The van der Waals surface area contributed by atoms with Crippen LogP contribution in [-0.2, 0) is 11.2 Å². The van der Waals surface area contributed by atoms with E-state index in [9.17, 15) is 0 Å². The Morgan fingerprint density at radius 1 is 1.33 bits per heavy atom. The Bertz CT molecular complexity index is 446. The molecule has 0 bridgehead atoms. The third-order valence-corrected chi connectivity index (χ3v) is 4.56. The number of hydrogen-bond acceptors (Lipinski definition) is 3. The topological polar surface area (TPSA) is 38.5 Å². The fourth-order valence-corrected chi connectivity index (χ4v) is 3.52. The van der Waals surface area contributed by atoms with E-state index in [0.717, 1.165) is 25.1 Å². The first-order chi connectivity index (χ1) is 8.66. The second kappa shape index (κ2) is 4.56. The Labute approximate surface area is 109 Å². The summed E-state index contributed by atoms with van der Waals surface area (Å²) in [5.74, 6) is 0. The smallest absolute Gasteiger partial charge is 0.0703 e.